The van der Waals surface area contributed by atoms with Gasteiger partial charge in [0.15, 0.2) is 0 Å². The molecular formula is C12H12ClNO3. The Morgan fingerprint density at radius 1 is 1.35 bits per heavy atom. The number of hydrogen-bond acceptors (Lipinski definition) is 3. The van der Waals surface area contributed by atoms with Crippen molar-refractivity contribution in [3.05, 3.63) is 23.2 Å². The number of aromatic hydroxyl groups is 1. The van der Waals surface area contributed by atoms with E-state index in [-0.39, 0.29) is 29.0 Å². The second kappa shape index (κ2) is 3.74. The second-order valence-corrected chi connectivity index (χ2v) is 5.14. The number of nitrogens with zero attached hydrogens (tertiary/aromatic N) is 1. The molecule has 0 radical (unpaired) electrons. The fraction of sp³-hybridized carbons (Fsp3) is 0.333. The quantitative estimate of drug-likeness (QED) is 0.782. The molecule has 0 saturated carbocycles. The molecule has 0 atom stereocenters. The predicted molar refractivity (Wildman–Crippen MR) is 64.0 cm³/mol. The average Bonchev–Trinajstić information content (AvgIpc) is 2.42. The Balaban J connectivity index is 2.44. The van der Waals surface area contributed by atoms with Crippen LogP contribution in [0.4, 0.5) is 5.69 Å². The topological polar surface area (TPSA) is 57.6 Å². The summed E-state index contributed by atoms with van der Waals surface area (Å²) in [6.45, 7) is 3.45. The highest BCUT2D eigenvalue weighted by Gasteiger charge is 2.45. The van der Waals surface area contributed by atoms with Crippen molar-refractivity contribution < 1.29 is 14.7 Å². The summed E-state index contributed by atoms with van der Waals surface area (Å²) in [5.74, 6) is -0.666. The van der Waals surface area contributed by atoms with E-state index in [4.69, 9.17) is 11.6 Å². The van der Waals surface area contributed by atoms with Gasteiger partial charge in [-0.3, -0.25) is 9.59 Å². The number of amides is 2. The molecule has 1 aliphatic rings. The minimum atomic E-state index is -0.688. The molecule has 2 rings (SSSR count). The van der Waals surface area contributed by atoms with E-state index in [1.807, 2.05) is 0 Å². The summed E-state index contributed by atoms with van der Waals surface area (Å²) in [5.41, 5.74) is -0.334. The standard InChI is InChI=1S/C12H12ClNO3/c1-12(2)6-10(16)14(11(12)17)7-3-4-8(13)9(15)5-7/h3-5,15H,6H2,1-2H3. The molecule has 17 heavy (non-hydrogen) atoms. The summed E-state index contributed by atoms with van der Waals surface area (Å²) in [7, 11) is 0. The molecule has 0 aromatic heterocycles. The van der Waals surface area contributed by atoms with Crippen molar-refractivity contribution in [2.45, 2.75) is 20.3 Å². The number of imide groups is 1. The van der Waals surface area contributed by atoms with Crippen LogP contribution in [0.3, 0.4) is 0 Å². The fourth-order valence-corrected chi connectivity index (χ4v) is 1.97. The Morgan fingerprint density at radius 2 is 2.00 bits per heavy atom. The van der Waals surface area contributed by atoms with Crippen LogP contribution >= 0.6 is 11.6 Å². The van der Waals surface area contributed by atoms with Crippen molar-refractivity contribution in [1.82, 2.24) is 0 Å². The number of phenolic OH excluding ortho intramolecular Hbond substituents is 1. The molecule has 1 aromatic carbocycles. The SMILES string of the molecule is CC1(C)CC(=O)N(c2ccc(Cl)c(O)c2)C1=O. The molecule has 0 aliphatic carbocycles. The smallest absolute Gasteiger partial charge is 0.239 e. The second-order valence-electron chi connectivity index (χ2n) is 4.73. The van der Waals surface area contributed by atoms with Crippen molar-refractivity contribution in [3.8, 4) is 5.75 Å². The number of carbonyl (C=O) groups is 2. The van der Waals surface area contributed by atoms with Crippen LogP contribution in [0.2, 0.25) is 5.02 Å². The summed E-state index contributed by atoms with van der Waals surface area (Å²) < 4.78 is 0. The maximum atomic E-state index is 12.0. The number of anilines is 1. The first-order chi connectivity index (χ1) is 7.83. The zero-order valence-corrected chi connectivity index (χ0v) is 10.3. The van der Waals surface area contributed by atoms with Gasteiger partial charge in [-0.05, 0) is 12.1 Å². The monoisotopic (exact) mass is 253 g/mol. The third kappa shape index (κ3) is 1.89. The lowest BCUT2D eigenvalue weighted by Gasteiger charge is -2.18. The van der Waals surface area contributed by atoms with Gasteiger partial charge in [0, 0.05) is 12.5 Å². The Labute approximate surface area is 104 Å². The zero-order valence-electron chi connectivity index (χ0n) is 9.53. The molecular weight excluding hydrogens is 242 g/mol. The molecule has 90 valence electrons. The summed E-state index contributed by atoms with van der Waals surface area (Å²) in [6, 6.07) is 4.32. The number of hydrogen-bond donors (Lipinski definition) is 1. The molecule has 0 spiro atoms. The van der Waals surface area contributed by atoms with Crippen LogP contribution in [0, 0.1) is 5.41 Å². The maximum absolute atomic E-state index is 12.0. The van der Waals surface area contributed by atoms with E-state index in [0.717, 1.165) is 4.90 Å². The van der Waals surface area contributed by atoms with Crippen molar-refractivity contribution in [2.75, 3.05) is 4.90 Å². The fourth-order valence-electron chi connectivity index (χ4n) is 1.85. The van der Waals surface area contributed by atoms with Crippen molar-refractivity contribution in [2.24, 2.45) is 5.41 Å². The minimum Gasteiger partial charge on any atom is -0.506 e. The van der Waals surface area contributed by atoms with E-state index in [0.29, 0.717) is 5.69 Å². The zero-order chi connectivity index (χ0) is 12.8. The van der Waals surface area contributed by atoms with Crippen molar-refractivity contribution in [1.29, 1.82) is 0 Å². The molecule has 2 amide bonds. The predicted octanol–water partition coefficient (Wildman–Crippen LogP) is 2.34. The number of carbonyl (C=O) groups excluding carboxylic acids is 2. The summed E-state index contributed by atoms with van der Waals surface area (Å²) >= 11 is 5.68. The Morgan fingerprint density at radius 3 is 2.47 bits per heavy atom. The van der Waals surface area contributed by atoms with Crippen LogP contribution in [0.1, 0.15) is 20.3 Å². The molecule has 0 bridgehead atoms. The number of halogens is 1. The first-order valence-corrected chi connectivity index (χ1v) is 5.56. The maximum Gasteiger partial charge on any atom is 0.239 e. The van der Waals surface area contributed by atoms with Crippen LogP contribution in [0.25, 0.3) is 0 Å². The van der Waals surface area contributed by atoms with Gasteiger partial charge in [0.2, 0.25) is 11.8 Å². The molecule has 4 nitrogen and oxygen atoms in total. The summed E-state index contributed by atoms with van der Waals surface area (Å²) in [4.78, 5) is 24.9. The molecule has 1 fully saturated rings. The van der Waals surface area contributed by atoms with Gasteiger partial charge in [-0.15, -0.1) is 0 Å². The minimum absolute atomic E-state index is 0.144. The van der Waals surface area contributed by atoms with Crippen LogP contribution in [-0.4, -0.2) is 16.9 Å². The van der Waals surface area contributed by atoms with E-state index in [1.165, 1.54) is 12.1 Å². The van der Waals surface area contributed by atoms with Gasteiger partial charge >= 0.3 is 0 Å². The summed E-state index contributed by atoms with van der Waals surface area (Å²) in [5, 5.41) is 9.67. The first kappa shape index (κ1) is 11.9. The Bertz CT molecular complexity index is 510. The number of phenols is 1. The van der Waals surface area contributed by atoms with Crippen molar-refractivity contribution >= 4 is 29.1 Å². The molecule has 1 saturated heterocycles. The number of rotatable bonds is 1. The number of benzene rings is 1. The highest BCUT2D eigenvalue weighted by molar-refractivity contribution is 6.32. The van der Waals surface area contributed by atoms with E-state index in [9.17, 15) is 14.7 Å². The molecule has 1 heterocycles. The van der Waals surface area contributed by atoms with Gasteiger partial charge in [0.25, 0.3) is 0 Å². The molecule has 1 aromatic rings. The van der Waals surface area contributed by atoms with E-state index >= 15 is 0 Å². The third-order valence-electron chi connectivity index (χ3n) is 2.81. The van der Waals surface area contributed by atoms with Crippen LogP contribution < -0.4 is 4.90 Å². The first-order valence-electron chi connectivity index (χ1n) is 5.19. The Kier molecular flexibility index (Phi) is 2.62. The lowest BCUT2D eigenvalue weighted by atomic mass is 9.92. The van der Waals surface area contributed by atoms with Crippen LogP contribution in [0.5, 0.6) is 5.75 Å². The normalized spacial score (nSPS) is 18.9. The highest BCUT2D eigenvalue weighted by atomic mass is 35.5. The van der Waals surface area contributed by atoms with Gasteiger partial charge in [0.05, 0.1) is 16.1 Å². The average molecular weight is 254 g/mol. The van der Waals surface area contributed by atoms with E-state index in [2.05, 4.69) is 0 Å². The molecule has 1 aliphatic heterocycles. The van der Waals surface area contributed by atoms with Gasteiger partial charge in [-0.1, -0.05) is 25.4 Å². The highest BCUT2D eigenvalue weighted by Crippen LogP contribution is 2.37. The van der Waals surface area contributed by atoms with E-state index < -0.39 is 5.41 Å². The molecule has 5 heteroatoms. The van der Waals surface area contributed by atoms with Gasteiger partial charge in [-0.2, -0.15) is 0 Å². The Hall–Kier alpha value is -1.55. The van der Waals surface area contributed by atoms with Gasteiger partial charge < -0.3 is 5.11 Å². The van der Waals surface area contributed by atoms with Crippen LogP contribution in [-0.2, 0) is 9.59 Å². The lowest BCUT2D eigenvalue weighted by Crippen LogP contribution is -2.32. The van der Waals surface area contributed by atoms with Crippen molar-refractivity contribution in [3.63, 3.8) is 0 Å². The molecule has 1 N–H and O–H groups in total. The van der Waals surface area contributed by atoms with Gasteiger partial charge in [-0.25, -0.2) is 4.90 Å². The van der Waals surface area contributed by atoms with Gasteiger partial charge in [0.1, 0.15) is 5.75 Å². The summed E-state index contributed by atoms with van der Waals surface area (Å²) in [6.07, 6.45) is 0.176. The lowest BCUT2D eigenvalue weighted by molar-refractivity contribution is -0.124. The third-order valence-corrected chi connectivity index (χ3v) is 3.13. The van der Waals surface area contributed by atoms with Crippen LogP contribution in [0.15, 0.2) is 18.2 Å². The van der Waals surface area contributed by atoms with E-state index in [1.54, 1.807) is 19.9 Å². The molecule has 0 unspecified atom stereocenters. The largest absolute Gasteiger partial charge is 0.506 e.